The fourth-order valence-electron chi connectivity index (χ4n) is 2.43. The number of fused-ring (bicyclic) bond motifs is 1. The predicted octanol–water partition coefficient (Wildman–Crippen LogP) is 2.31. The molecule has 0 aromatic heterocycles. The van der Waals surface area contributed by atoms with Crippen LogP contribution in [-0.4, -0.2) is 30.8 Å². The Balaban J connectivity index is 2.00. The average Bonchev–Trinajstić information content (AvgIpc) is 2.66. The van der Waals surface area contributed by atoms with Crippen LogP contribution in [0.25, 0.3) is 0 Å². The fourth-order valence-corrected chi connectivity index (χ4v) is 2.43. The first-order chi connectivity index (χ1) is 9.33. The Morgan fingerprint density at radius 2 is 2.11 bits per heavy atom. The van der Waals surface area contributed by atoms with E-state index in [-0.39, 0.29) is 12.6 Å². The van der Waals surface area contributed by atoms with Gasteiger partial charge in [0.25, 0.3) is 0 Å². The standard InChI is InChI=1S/C15H22N2O2/c18-12-6-4-10-16-15(19)17-11-5-3-8-13-7-1-2-9-14(13)17/h1-2,7,9,18H,3-6,8,10-12H2,(H,16,19). The van der Waals surface area contributed by atoms with Gasteiger partial charge in [0.2, 0.25) is 0 Å². The number of aliphatic hydroxyl groups is 1. The van der Waals surface area contributed by atoms with Crippen LogP contribution in [0.15, 0.2) is 24.3 Å². The first-order valence-electron chi connectivity index (χ1n) is 7.07. The zero-order chi connectivity index (χ0) is 13.5. The normalized spacial score (nSPS) is 14.7. The minimum Gasteiger partial charge on any atom is -0.396 e. The molecule has 0 unspecified atom stereocenters. The van der Waals surface area contributed by atoms with Crippen LogP contribution < -0.4 is 10.2 Å². The summed E-state index contributed by atoms with van der Waals surface area (Å²) in [5.74, 6) is 0. The minimum absolute atomic E-state index is 0.0210. The van der Waals surface area contributed by atoms with Gasteiger partial charge in [0.15, 0.2) is 0 Å². The molecular weight excluding hydrogens is 240 g/mol. The third-order valence-corrected chi connectivity index (χ3v) is 3.47. The van der Waals surface area contributed by atoms with Crippen LogP contribution in [0.4, 0.5) is 10.5 Å². The summed E-state index contributed by atoms with van der Waals surface area (Å²) in [6, 6.07) is 8.12. The van der Waals surface area contributed by atoms with E-state index in [0.717, 1.165) is 44.3 Å². The molecule has 19 heavy (non-hydrogen) atoms. The van der Waals surface area contributed by atoms with Crippen LogP contribution in [0, 0.1) is 0 Å². The molecule has 2 amide bonds. The zero-order valence-corrected chi connectivity index (χ0v) is 11.3. The fraction of sp³-hybridized carbons (Fsp3) is 0.533. The number of aliphatic hydroxyl groups excluding tert-OH is 1. The van der Waals surface area contributed by atoms with Crippen molar-refractivity contribution in [2.75, 3.05) is 24.6 Å². The van der Waals surface area contributed by atoms with E-state index in [0.29, 0.717) is 6.54 Å². The number of nitrogens with zero attached hydrogens (tertiary/aromatic N) is 1. The molecule has 2 N–H and O–H groups in total. The van der Waals surface area contributed by atoms with Gasteiger partial charge in [-0.3, -0.25) is 4.90 Å². The number of rotatable bonds is 4. The molecule has 0 fully saturated rings. The maximum Gasteiger partial charge on any atom is 0.321 e. The number of nitrogens with one attached hydrogen (secondary N) is 1. The summed E-state index contributed by atoms with van der Waals surface area (Å²) in [6.45, 7) is 1.59. The Hall–Kier alpha value is -1.55. The highest BCUT2D eigenvalue weighted by atomic mass is 16.3. The Morgan fingerprint density at radius 3 is 2.95 bits per heavy atom. The summed E-state index contributed by atoms with van der Waals surface area (Å²) in [6.07, 6.45) is 4.77. The molecule has 1 heterocycles. The topological polar surface area (TPSA) is 52.6 Å². The van der Waals surface area contributed by atoms with Crippen molar-refractivity contribution in [2.24, 2.45) is 0 Å². The first kappa shape index (κ1) is 13.9. The maximum absolute atomic E-state index is 12.2. The summed E-state index contributed by atoms with van der Waals surface area (Å²) in [7, 11) is 0. The number of hydrogen-bond donors (Lipinski definition) is 2. The zero-order valence-electron chi connectivity index (χ0n) is 11.3. The first-order valence-corrected chi connectivity index (χ1v) is 7.07. The van der Waals surface area contributed by atoms with E-state index in [1.807, 2.05) is 23.1 Å². The van der Waals surface area contributed by atoms with Crippen molar-refractivity contribution in [3.8, 4) is 0 Å². The highest BCUT2D eigenvalue weighted by Crippen LogP contribution is 2.25. The summed E-state index contributed by atoms with van der Waals surface area (Å²) in [5, 5.41) is 11.7. The van der Waals surface area contributed by atoms with Gasteiger partial charge in [-0.15, -0.1) is 0 Å². The predicted molar refractivity (Wildman–Crippen MR) is 76.4 cm³/mol. The number of carbonyl (C=O) groups excluding carboxylic acids is 1. The lowest BCUT2D eigenvalue weighted by atomic mass is 10.1. The number of unbranched alkanes of at least 4 members (excludes halogenated alkanes) is 1. The highest BCUT2D eigenvalue weighted by molar-refractivity contribution is 5.92. The largest absolute Gasteiger partial charge is 0.396 e. The number of para-hydroxylation sites is 1. The Labute approximate surface area is 114 Å². The molecule has 0 atom stereocenters. The van der Waals surface area contributed by atoms with Gasteiger partial charge < -0.3 is 10.4 Å². The van der Waals surface area contributed by atoms with Crippen molar-refractivity contribution in [2.45, 2.75) is 32.1 Å². The molecule has 0 aliphatic carbocycles. The molecule has 2 rings (SSSR count). The third-order valence-electron chi connectivity index (χ3n) is 3.47. The molecule has 1 aliphatic rings. The van der Waals surface area contributed by atoms with Crippen LogP contribution in [0.1, 0.15) is 31.2 Å². The van der Waals surface area contributed by atoms with E-state index < -0.39 is 0 Å². The van der Waals surface area contributed by atoms with E-state index in [4.69, 9.17) is 5.11 Å². The van der Waals surface area contributed by atoms with Crippen LogP contribution in [0.2, 0.25) is 0 Å². The van der Waals surface area contributed by atoms with Gasteiger partial charge in [-0.25, -0.2) is 4.79 Å². The van der Waals surface area contributed by atoms with Crippen molar-refractivity contribution < 1.29 is 9.90 Å². The van der Waals surface area contributed by atoms with Gasteiger partial charge in [-0.1, -0.05) is 18.2 Å². The van der Waals surface area contributed by atoms with Gasteiger partial charge >= 0.3 is 6.03 Å². The molecule has 0 saturated heterocycles. The molecule has 1 aromatic rings. The van der Waals surface area contributed by atoms with Gasteiger partial charge in [-0.05, 0) is 43.7 Å². The van der Waals surface area contributed by atoms with Crippen LogP contribution in [-0.2, 0) is 6.42 Å². The van der Waals surface area contributed by atoms with E-state index in [9.17, 15) is 4.79 Å². The van der Waals surface area contributed by atoms with Gasteiger partial charge in [0, 0.05) is 25.4 Å². The SMILES string of the molecule is O=C(NCCCCO)N1CCCCc2ccccc21. The number of aryl methyl sites for hydroxylation is 1. The van der Waals surface area contributed by atoms with Gasteiger partial charge in [0.05, 0.1) is 0 Å². The minimum atomic E-state index is -0.0210. The van der Waals surface area contributed by atoms with Crippen molar-refractivity contribution >= 4 is 11.7 Å². The second-order valence-electron chi connectivity index (χ2n) is 4.90. The summed E-state index contributed by atoms with van der Waals surface area (Å²) < 4.78 is 0. The molecule has 4 nitrogen and oxygen atoms in total. The molecule has 1 aromatic carbocycles. The Kier molecular flexibility index (Phi) is 5.21. The van der Waals surface area contributed by atoms with E-state index in [2.05, 4.69) is 11.4 Å². The quantitative estimate of drug-likeness (QED) is 0.818. The number of benzene rings is 1. The lowest BCUT2D eigenvalue weighted by Gasteiger charge is -2.23. The molecular formula is C15H22N2O2. The summed E-state index contributed by atoms with van der Waals surface area (Å²) in [4.78, 5) is 14.1. The van der Waals surface area contributed by atoms with Crippen molar-refractivity contribution in [1.29, 1.82) is 0 Å². The molecule has 0 bridgehead atoms. The van der Waals surface area contributed by atoms with Gasteiger partial charge in [-0.2, -0.15) is 0 Å². The van der Waals surface area contributed by atoms with Crippen LogP contribution in [0.5, 0.6) is 0 Å². The third kappa shape index (κ3) is 3.70. The second-order valence-corrected chi connectivity index (χ2v) is 4.90. The van der Waals surface area contributed by atoms with E-state index >= 15 is 0 Å². The maximum atomic E-state index is 12.2. The van der Waals surface area contributed by atoms with Crippen molar-refractivity contribution in [3.05, 3.63) is 29.8 Å². The summed E-state index contributed by atoms with van der Waals surface area (Å²) >= 11 is 0. The van der Waals surface area contributed by atoms with E-state index in [1.165, 1.54) is 5.56 Å². The average molecular weight is 262 g/mol. The molecule has 104 valence electrons. The Bertz CT molecular complexity index is 420. The van der Waals surface area contributed by atoms with Crippen LogP contribution >= 0.6 is 0 Å². The van der Waals surface area contributed by atoms with E-state index in [1.54, 1.807) is 0 Å². The smallest absolute Gasteiger partial charge is 0.321 e. The van der Waals surface area contributed by atoms with Crippen molar-refractivity contribution in [3.63, 3.8) is 0 Å². The van der Waals surface area contributed by atoms with Crippen molar-refractivity contribution in [1.82, 2.24) is 5.32 Å². The Morgan fingerprint density at radius 1 is 1.26 bits per heavy atom. The number of urea groups is 1. The molecule has 0 saturated carbocycles. The van der Waals surface area contributed by atoms with Gasteiger partial charge in [0.1, 0.15) is 0 Å². The number of carbonyl (C=O) groups is 1. The lowest BCUT2D eigenvalue weighted by Crippen LogP contribution is -2.41. The molecule has 0 spiro atoms. The highest BCUT2D eigenvalue weighted by Gasteiger charge is 2.20. The number of anilines is 1. The number of hydrogen-bond acceptors (Lipinski definition) is 2. The molecule has 0 radical (unpaired) electrons. The molecule has 4 heteroatoms. The second kappa shape index (κ2) is 7.14. The monoisotopic (exact) mass is 262 g/mol. The molecule has 1 aliphatic heterocycles. The lowest BCUT2D eigenvalue weighted by molar-refractivity contribution is 0.244. The summed E-state index contributed by atoms with van der Waals surface area (Å²) in [5.41, 5.74) is 2.30. The van der Waals surface area contributed by atoms with Crippen LogP contribution in [0.3, 0.4) is 0 Å². The number of amides is 2.